The van der Waals surface area contributed by atoms with Crippen molar-refractivity contribution < 1.29 is 19.4 Å². The third-order valence-electron chi connectivity index (χ3n) is 3.20. The predicted molar refractivity (Wildman–Crippen MR) is 87.8 cm³/mol. The van der Waals surface area contributed by atoms with E-state index in [0.717, 1.165) is 0 Å². The number of hydrogen-bond acceptors (Lipinski definition) is 4. The third-order valence-corrected chi connectivity index (χ3v) is 3.44. The minimum atomic E-state index is -1.03. The van der Waals surface area contributed by atoms with E-state index in [-0.39, 0.29) is 11.3 Å². The first-order valence-electron chi connectivity index (χ1n) is 6.94. The molecule has 0 aliphatic heterocycles. The molecule has 0 aromatic heterocycles. The average Bonchev–Trinajstić information content (AvgIpc) is 2.49. The molecule has 2 N–H and O–H groups in total. The molecular weight excluding hydrogens is 318 g/mol. The molecule has 0 radical (unpaired) electrons. The maximum Gasteiger partial charge on any atom is 0.342 e. The van der Waals surface area contributed by atoms with Crippen molar-refractivity contribution in [2.75, 3.05) is 5.32 Å². The molecule has 1 atom stereocenters. The van der Waals surface area contributed by atoms with Crippen molar-refractivity contribution in [1.29, 1.82) is 0 Å². The fourth-order valence-electron chi connectivity index (χ4n) is 1.91. The van der Waals surface area contributed by atoms with Gasteiger partial charge in [0.05, 0.1) is 0 Å². The lowest BCUT2D eigenvalue weighted by Crippen LogP contribution is -2.30. The topological polar surface area (TPSA) is 75.6 Å². The Kier molecular flexibility index (Phi) is 5.24. The van der Waals surface area contributed by atoms with Gasteiger partial charge in [-0.25, -0.2) is 4.79 Å². The Morgan fingerprint density at radius 1 is 1.22 bits per heavy atom. The largest absolute Gasteiger partial charge is 0.507 e. The number of aromatic hydroxyl groups is 1. The van der Waals surface area contributed by atoms with Crippen LogP contribution in [0.1, 0.15) is 22.8 Å². The average molecular weight is 334 g/mol. The molecule has 0 spiro atoms. The van der Waals surface area contributed by atoms with Gasteiger partial charge in [-0.1, -0.05) is 29.8 Å². The highest BCUT2D eigenvalue weighted by atomic mass is 35.5. The summed E-state index contributed by atoms with van der Waals surface area (Å²) in [6.07, 6.45) is -1.03. The number of carbonyl (C=O) groups excluding carboxylic acids is 2. The monoisotopic (exact) mass is 333 g/mol. The van der Waals surface area contributed by atoms with E-state index in [4.69, 9.17) is 16.3 Å². The zero-order valence-corrected chi connectivity index (χ0v) is 13.4. The van der Waals surface area contributed by atoms with Gasteiger partial charge in [-0.15, -0.1) is 0 Å². The van der Waals surface area contributed by atoms with Crippen molar-refractivity contribution in [2.24, 2.45) is 0 Å². The van der Waals surface area contributed by atoms with Crippen LogP contribution in [0.4, 0.5) is 5.69 Å². The van der Waals surface area contributed by atoms with Crippen molar-refractivity contribution in [3.63, 3.8) is 0 Å². The number of nitrogens with one attached hydrogen (secondary N) is 1. The maximum atomic E-state index is 12.1. The summed E-state index contributed by atoms with van der Waals surface area (Å²) in [7, 11) is 0. The minimum Gasteiger partial charge on any atom is -0.507 e. The molecule has 2 rings (SSSR count). The first-order valence-corrected chi connectivity index (χ1v) is 7.32. The van der Waals surface area contributed by atoms with Gasteiger partial charge in [-0.2, -0.15) is 0 Å². The molecule has 1 amide bonds. The quantitative estimate of drug-likeness (QED) is 0.839. The van der Waals surface area contributed by atoms with Crippen molar-refractivity contribution >= 4 is 29.2 Å². The van der Waals surface area contributed by atoms with Crippen LogP contribution in [-0.4, -0.2) is 23.1 Å². The number of rotatable bonds is 4. The zero-order chi connectivity index (χ0) is 17.0. The Morgan fingerprint density at radius 2 is 1.91 bits per heavy atom. The van der Waals surface area contributed by atoms with Gasteiger partial charge in [0, 0.05) is 10.7 Å². The van der Waals surface area contributed by atoms with Crippen LogP contribution in [0.2, 0.25) is 5.02 Å². The van der Waals surface area contributed by atoms with Crippen molar-refractivity contribution in [1.82, 2.24) is 0 Å². The highest BCUT2D eigenvalue weighted by Crippen LogP contribution is 2.22. The molecule has 0 aliphatic carbocycles. The van der Waals surface area contributed by atoms with Gasteiger partial charge in [0.2, 0.25) is 0 Å². The first kappa shape index (κ1) is 16.8. The second-order valence-electron chi connectivity index (χ2n) is 5.02. The summed E-state index contributed by atoms with van der Waals surface area (Å²) in [5.74, 6) is -1.41. The Balaban J connectivity index is 2.03. The van der Waals surface area contributed by atoms with Crippen molar-refractivity contribution in [3.05, 3.63) is 58.6 Å². The fraction of sp³-hybridized carbons (Fsp3) is 0.176. The SMILES string of the molecule is Cc1cccc(C(=O)O[C@H](C)C(=O)Nc2cccc(Cl)c2)c1O. The van der Waals surface area contributed by atoms with Crippen LogP contribution in [0, 0.1) is 6.92 Å². The molecule has 0 bridgehead atoms. The van der Waals surface area contributed by atoms with Crippen LogP contribution in [0.5, 0.6) is 5.75 Å². The van der Waals surface area contributed by atoms with Gasteiger partial charge >= 0.3 is 5.97 Å². The number of anilines is 1. The van der Waals surface area contributed by atoms with Gasteiger partial charge in [-0.3, -0.25) is 4.79 Å². The second-order valence-corrected chi connectivity index (χ2v) is 5.45. The highest BCUT2D eigenvalue weighted by molar-refractivity contribution is 6.30. The van der Waals surface area contributed by atoms with Crippen LogP contribution >= 0.6 is 11.6 Å². The van der Waals surface area contributed by atoms with E-state index in [9.17, 15) is 14.7 Å². The summed E-state index contributed by atoms with van der Waals surface area (Å²) in [5.41, 5.74) is 1.08. The van der Waals surface area contributed by atoms with Crippen LogP contribution in [0.25, 0.3) is 0 Å². The van der Waals surface area contributed by atoms with Crippen LogP contribution < -0.4 is 5.32 Å². The zero-order valence-electron chi connectivity index (χ0n) is 12.7. The van der Waals surface area contributed by atoms with Gasteiger partial charge in [-0.05, 0) is 43.7 Å². The molecule has 23 heavy (non-hydrogen) atoms. The molecule has 2 aromatic rings. The number of phenolic OH excluding ortho intramolecular Hbond substituents is 1. The molecular formula is C17H16ClNO4. The molecule has 5 nitrogen and oxygen atoms in total. The summed E-state index contributed by atoms with van der Waals surface area (Å²) in [6, 6.07) is 11.4. The summed E-state index contributed by atoms with van der Waals surface area (Å²) in [5, 5.41) is 13.0. The summed E-state index contributed by atoms with van der Waals surface area (Å²) >= 11 is 5.84. The van der Waals surface area contributed by atoms with Gasteiger partial charge < -0.3 is 15.2 Å². The van der Waals surface area contributed by atoms with Crippen LogP contribution in [0.3, 0.4) is 0 Å². The Labute approximate surface area is 138 Å². The standard InChI is InChI=1S/C17H16ClNO4/c1-10-5-3-8-14(15(10)20)17(22)23-11(2)16(21)19-13-7-4-6-12(18)9-13/h3-9,11,20H,1-2H3,(H,19,21)/t11-/m1/s1. The number of phenols is 1. The van der Waals surface area contributed by atoms with Crippen molar-refractivity contribution in [2.45, 2.75) is 20.0 Å². The number of para-hydroxylation sites is 1. The molecule has 0 unspecified atom stereocenters. The lowest BCUT2D eigenvalue weighted by molar-refractivity contribution is -0.123. The van der Waals surface area contributed by atoms with E-state index in [2.05, 4.69) is 5.32 Å². The highest BCUT2D eigenvalue weighted by Gasteiger charge is 2.21. The van der Waals surface area contributed by atoms with E-state index in [1.54, 1.807) is 43.3 Å². The molecule has 0 fully saturated rings. The molecule has 6 heteroatoms. The van der Waals surface area contributed by atoms with E-state index in [0.29, 0.717) is 16.3 Å². The molecule has 0 saturated carbocycles. The summed E-state index contributed by atoms with van der Waals surface area (Å²) in [4.78, 5) is 24.1. The number of carbonyl (C=O) groups is 2. The first-order chi connectivity index (χ1) is 10.9. The normalized spacial score (nSPS) is 11.6. The molecule has 2 aromatic carbocycles. The Bertz CT molecular complexity index is 745. The number of amides is 1. The van der Waals surface area contributed by atoms with E-state index >= 15 is 0 Å². The minimum absolute atomic E-state index is 0.0207. The number of aryl methyl sites for hydroxylation is 1. The number of ether oxygens (including phenoxy) is 1. The van der Waals surface area contributed by atoms with Crippen LogP contribution in [-0.2, 0) is 9.53 Å². The van der Waals surface area contributed by atoms with E-state index in [1.807, 2.05) is 0 Å². The number of halogens is 1. The maximum absolute atomic E-state index is 12.1. The van der Waals surface area contributed by atoms with Gasteiger partial charge in [0.1, 0.15) is 11.3 Å². The lowest BCUT2D eigenvalue weighted by Gasteiger charge is -2.14. The smallest absolute Gasteiger partial charge is 0.342 e. The molecule has 0 aliphatic rings. The van der Waals surface area contributed by atoms with E-state index < -0.39 is 18.0 Å². The predicted octanol–water partition coefficient (Wildman–Crippen LogP) is 3.54. The third kappa shape index (κ3) is 4.23. The summed E-state index contributed by atoms with van der Waals surface area (Å²) < 4.78 is 5.09. The molecule has 0 heterocycles. The number of hydrogen-bond donors (Lipinski definition) is 2. The fourth-order valence-corrected chi connectivity index (χ4v) is 2.10. The number of benzene rings is 2. The Morgan fingerprint density at radius 3 is 2.61 bits per heavy atom. The molecule has 120 valence electrons. The van der Waals surface area contributed by atoms with Crippen LogP contribution in [0.15, 0.2) is 42.5 Å². The summed E-state index contributed by atoms with van der Waals surface area (Å²) in [6.45, 7) is 3.12. The van der Waals surface area contributed by atoms with Gasteiger partial charge in [0.25, 0.3) is 5.91 Å². The van der Waals surface area contributed by atoms with E-state index in [1.165, 1.54) is 13.0 Å². The van der Waals surface area contributed by atoms with Crippen molar-refractivity contribution in [3.8, 4) is 5.75 Å². The molecule has 0 saturated heterocycles. The number of esters is 1. The lowest BCUT2D eigenvalue weighted by atomic mass is 10.1. The Hall–Kier alpha value is -2.53. The second kappa shape index (κ2) is 7.15. The van der Waals surface area contributed by atoms with Gasteiger partial charge in [0.15, 0.2) is 6.10 Å².